The van der Waals surface area contributed by atoms with Crippen LogP contribution in [0.5, 0.6) is 0 Å². The maximum Gasteiger partial charge on any atom is 0.273 e. The highest BCUT2D eigenvalue weighted by atomic mass is 16.3. The second-order valence-electron chi connectivity index (χ2n) is 10.3. The Bertz CT molecular complexity index is 1480. The molecule has 10 nitrogen and oxygen atoms in total. The van der Waals surface area contributed by atoms with Gasteiger partial charge in [0.15, 0.2) is 11.6 Å². The minimum absolute atomic E-state index is 0.131. The molecule has 6 rings (SSSR count). The quantitative estimate of drug-likeness (QED) is 0.355. The Morgan fingerprint density at radius 3 is 2.46 bits per heavy atom. The zero-order valence-corrected chi connectivity index (χ0v) is 21.3. The number of likely N-dealkylation sites (tertiary alicyclic amines) is 2. The van der Waals surface area contributed by atoms with Crippen LogP contribution in [-0.4, -0.2) is 69.0 Å². The van der Waals surface area contributed by atoms with E-state index in [1.165, 1.54) is 6.26 Å². The topological polar surface area (TPSA) is 114 Å². The van der Waals surface area contributed by atoms with E-state index in [1.807, 2.05) is 60.7 Å². The first-order chi connectivity index (χ1) is 19.0. The van der Waals surface area contributed by atoms with E-state index >= 15 is 0 Å². The van der Waals surface area contributed by atoms with E-state index in [0.717, 1.165) is 17.5 Å². The molecule has 2 saturated heterocycles. The van der Waals surface area contributed by atoms with Crippen molar-refractivity contribution in [1.82, 2.24) is 29.9 Å². The molecule has 4 aromatic rings. The number of benzene rings is 2. The number of carbonyl (C=O) groups is 3. The average molecular weight is 525 g/mol. The van der Waals surface area contributed by atoms with Crippen LogP contribution in [0.2, 0.25) is 0 Å². The van der Waals surface area contributed by atoms with E-state index in [2.05, 4.69) is 15.4 Å². The Hall–Kier alpha value is -4.73. The number of aromatic nitrogens is 3. The molecule has 0 aliphatic carbocycles. The van der Waals surface area contributed by atoms with Crippen LogP contribution in [-0.2, 0) is 17.9 Å². The van der Waals surface area contributed by atoms with Crippen LogP contribution >= 0.6 is 0 Å². The lowest BCUT2D eigenvalue weighted by Crippen LogP contribution is -2.59. The molecule has 1 N–H and O–H groups in total. The Morgan fingerprint density at radius 2 is 1.74 bits per heavy atom. The summed E-state index contributed by atoms with van der Waals surface area (Å²) in [7, 11) is 0. The molecule has 3 amide bonds. The Labute approximate surface area is 225 Å². The molecule has 4 heterocycles. The van der Waals surface area contributed by atoms with Crippen molar-refractivity contribution in [1.29, 1.82) is 0 Å². The summed E-state index contributed by atoms with van der Waals surface area (Å²) < 4.78 is 7.54. The van der Waals surface area contributed by atoms with Crippen LogP contribution in [0, 0.1) is 5.41 Å². The van der Waals surface area contributed by atoms with E-state index in [4.69, 9.17) is 4.42 Å². The van der Waals surface area contributed by atoms with Gasteiger partial charge < -0.3 is 19.5 Å². The van der Waals surface area contributed by atoms with Crippen LogP contribution in [0.15, 0.2) is 83.7 Å². The average Bonchev–Trinajstić information content (AvgIpc) is 3.70. The van der Waals surface area contributed by atoms with Gasteiger partial charge in [0.1, 0.15) is 6.26 Å². The molecule has 2 aromatic carbocycles. The fourth-order valence-electron chi connectivity index (χ4n) is 5.56. The number of carbonyl (C=O) groups excluding carboxylic acids is 3. The van der Waals surface area contributed by atoms with Crippen LogP contribution in [0.3, 0.4) is 0 Å². The summed E-state index contributed by atoms with van der Waals surface area (Å²) in [5, 5.41) is 7.24. The SMILES string of the molecule is O=CN1CC2(C1)CN(C(=O)c1cnn(Cc3ccccc3)c1)CC2c1nc(C(=O)NCc2ccccc2)co1. The van der Waals surface area contributed by atoms with Crippen molar-refractivity contribution < 1.29 is 18.8 Å². The third-order valence-electron chi connectivity index (χ3n) is 7.54. The van der Waals surface area contributed by atoms with Crippen molar-refractivity contribution in [3.63, 3.8) is 0 Å². The molecular formula is C29H28N6O4. The number of amides is 3. The van der Waals surface area contributed by atoms with Crippen molar-refractivity contribution in [2.45, 2.75) is 19.0 Å². The number of nitrogens with one attached hydrogen (secondary N) is 1. The molecule has 2 aliphatic rings. The lowest BCUT2D eigenvalue weighted by Gasteiger charge is -2.48. The van der Waals surface area contributed by atoms with Gasteiger partial charge in [-0.25, -0.2) is 4.98 Å². The van der Waals surface area contributed by atoms with Crippen LogP contribution in [0.1, 0.15) is 43.8 Å². The molecule has 1 unspecified atom stereocenters. The Morgan fingerprint density at radius 1 is 1.03 bits per heavy atom. The molecule has 2 fully saturated rings. The van der Waals surface area contributed by atoms with Crippen LogP contribution < -0.4 is 5.32 Å². The summed E-state index contributed by atoms with van der Waals surface area (Å²) in [6.07, 6.45) is 5.52. The first kappa shape index (κ1) is 24.6. The smallest absolute Gasteiger partial charge is 0.273 e. The van der Waals surface area contributed by atoms with Crippen molar-refractivity contribution >= 4 is 18.2 Å². The maximum absolute atomic E-state index is 13.5. The van der Waals surface area contributed by atoms with Crippen molar-refractivity contribution in [3.05, 3.63) is 108 Å². The predicted octanol–water partition coefficient (Wildman–Crippen LogP) is 2.55. The number of oxazole rings is 1. The molecule has 2 aromatic heterocycles. The van der Waals surface area contributed by atoms with Gasteiger partial charge in [0.2, 0.25) is 6.41 Å². The van der Waals surface area contributed by atoms with Crippen LogP contribution in [0.4, 0.5) is 0 Å². The van der Waals surface area contributed by atoms with E-state index in [0.29, 0.717) is 50.7 Å². The summed E-state index contributed by atoms with van der Waals surface area (Å²) in [5.74, 6) is -0.302. The van der Waals surface area contributed by atoms with Gasteiger partial charge in [-0.15, -0.1) is 0 Å². The summed E-state index contributed by atoms with van der Waals surface area (Å²) >= 11 is 0. The van der Waals surface area contributed by atoms with Gasteiger partial charge in [-0.3, -0.25) is 19.1 Å². The number of hydrogen-bond donors (Lipinski definition) is 1. The van der Waals surface area contributed by atoms with Gasteiger partial charge in [-0.2, -0.15) is 5.10 Å². The number of hydrogen-bond acceptors (Lipinski definition) is 6. The number of nitrogens with zero attached hydrogens (tertiary/aromatic N) is 5. The monoisotopic (exact) mass is 524 g/mol. The van der Waals surface area contributed by atoms with Gasteiger partial charge in [0, 0.05) is 44.3 Å². The summed E-state index contributed by atoms with van der Waals surface area (Å²) in [6.45, 7) is 2.78. The fourth-order valence-corrected chi connectivity index (χ4v) is 5.56. The molecule has 39 heavy (non-hydrogen) atoms. The van der Waals surface area contributed by atoms with Gasteiger partial charge in [0.25, 0.3) is 11.8 Å². The third kappa shape index (κ3) is 4.93. The van der Waals surface area contributed by atoms with E-state index in [-0.39, 0.29) is 28.8 Å². The van der Waals surface area contributed by atoms with Gasteiger partial charge in [-0.1, -0.05) is 60.7 Å². The first-order valence-electron chi connectivity index (χ1n) is 12.9. The largest absolute Gasteiger partial charge is 0.448 e. The van der Waals surface area contributed by atoms with Gasteiger partial charge in [0.05, 0.1) is 24.2 Å². The zero-order valence-electron chi connectivity index (χ0n) is 21.3. The highest BCUT2D eigenvalue weighted by Gasteiger charge is 2.57. The second kappa shape index (κ2) is 10.2. The highest BCUT2D eigenvalue weighted by Crippen LogP contribution is 2.48. The predicted molar refractivity (Wildman–Crippen MR) is 141 cm³/mol. The molecule has 1 atom stereocenters. The maximum atomic E-state index is 13.5. The molecule has 0 radical (unpaired) electrons. The standard InChI is InChI=1S/C29H28N6O4/c36-20-33-17-29(18-33)19-34(28(38)23-12-31-35(14-23)13-22-9-5-2-6-10-22)15-24(29)27-32-25(16-39-27)26(37)30-11-21-7-3-1-4-8-21/h1-10,12,14,16,20,24H,11,13,15,17-19H2,(H,30,37). The van der Waals surface area contributed by atoms with E-state index < -0.39 is 0 Å². The lowest BCUT2D eigenvalue weighted by atomic mass is 9.72. The summed E-state index contributed by atoms with van der Waals surface area (Å²) in [5.41, 5.74) is 2.39. The molecule has 0 bridgehead atoms. The minimum atomic E-state index is -0.376. The Balaban J connectivity index is 1.16. The second-order valence-corrected chi connectivity index (χ2v) is 10.3. The van der Waals surface area contributed by atoms with Crippen molar-refractivity contribution in [2.75, 3.05) is 26.2 Å². The van der Waals surface area contributed by atoms with Crippen LogP contribution in [0.25, 0.3) is 0 Å². The van der Waals surface area contributed by atoms with Gasteiger partial charge >= 0.3 is 0 Å². The molecule has 2 aliphatic heterocycles. The molecule has 0 saturated carbocycles. The van der Waals surface area contributed by atoms with Gasteiger partial charge in [-0.05, 0) is 11.1 Å². The molecule has 198 valence electrons. The third-order valence-corrected chi connectivity index (χ3v) is 7.54. The molecule has 1 spiro atoms. The van der Waals surface area contributed by atoms with E-state index in [9.17, 15) is 14.4 Å². The zero-order chi connectivity index (χ0) is 26.8. The first-order valence-corrected chi connectivity index (χ1v) is 12.9. The highest BCUT2D eigenvalue weighted by molar-refractivity contribution is 5.94. The summed E-state index contributed by atoms with van der Waals surface area (Å²) in [6, 6.07) is 19.5. The molecule has 10 heteroatoms. The minimum Gasteiger partial charge on any atom is -0.448 e. The Kier molecular flexibility index (Phi) is 6.44. The fraction of sp³-hybridized carbons (Fsp3) is 0.276. The molecular weight excluding hydrogens is 496 g/mol. The van der Waals surface area contributed by atoms with E-state index in [1.54, 1.807) is 26.9 Å². The van der Waals surface area contributed by atoms with Crippen molar-refractivity contribution in [3.8, 4) is 0 Å². The number of rotatable bonds is 8. The normalized spacial score (nSPS) is 17.7. The lowest BCUT2D eigenvalue weighted by molar-refractivity contribution is -0.129. The summed E-state index contributed by atoms with van der Waals surface area (Å²) in [4.78, 5) is 45.5. The van der Waals surface area contributed by atoms with Crippen molar-refractivity contribution in [2.24, 2.45) is 5.41 Å².